The molecule has 10 heteroatoms. The standard InChI is InChI=1S/4CNO.Au.Na/c4*2-1-3;;/q4*-1;+3;+1. The summed E-state index contributed by atoms with van der Waals surface area (Å²) < 4.78 is 0. The fourth-order valence-electron chi connectivity index (χ4n) is 0. The zero-order valence-corrected chi connectivity index (χ0v) is 10.9. The summed E-state index contributed by atoms with van der Waals surface area (Å²) in [4.78, 5) is 32.9. The molecule has 0 aliphatic carbocycles. The van der Waals surface area contributed by atoms with Crippen LogP contribution >= 0.6 is 0 Å². The van der Waals surface area contributed by atoms with E-state index in [0.717, 1.165) is 0 Å². The van der Waals surface area contributed by atoms with Gasteiger partial charge in [-0.3, -0.25) is 19.2 Å². The molecule has 0 radical (unpaired) electrons. The average molecular weight is 388 g/mol. The van der Waals surface area contributed by atoms with E-state index in [1.807, 2.05) is 0 Å². The molecular weight excluding hydrogens is 388 g/mol. The zero-order valence-electron chi connectivity index (χ0n) is 6.72. The summed E-state index contributed by atoms with van der Waals surface area (Å²) in [6, 6.07) is 0. The monoisotopic (exact) mass is 388 g/mol. The molecule has 0 spiro atoms. The van der Waals surface area contributed by atoms with Gasteiger partial charge in [0.15, 0.2) is 0 Å². The molecule has 72 valence electrons. The van der Waals surface area contributed by atoms with Gasteiger partial charge in [-0.2, -0.15) is 0 Å². The first-order chi connectivity index (χ1) is 5.66. The van der Waals surface area contributed by atoms with Gasteiger partial charge in [-0.1, -0.05) is 0 Å². The Kier molecular flexibility index (Phi) is 395. The van der Waals surface area contributed by atoms with Crippen LogP contribution in [0.25, 0.3) is 21.6 Å². The molecule has 0 saturated carbocycles. The van der Waals surface area contributed by atoms with Gasteiger partial charge in [0.05, 0.1) is 0 Å². The fraction of sp³-hybridized carbons (Fsp3) is 0. The Morgan fingerprint density at radius 3 is 0.571 bits per heavy atom. The predicted octanol–water partition coefficient (Wildman–Crippen LogP) is -3.43. The first-order valence-electron chi connectivity index (χ1n) is 1.71. The molecule has 0 aliphatic rings. The quantitative estimate of drug-likeness (QED) is 0.240. The van der Waals surface area contributed by atoms with E-state index >= 15 is 0 Å². The molecule has 0 aromatic rings. The molecule has 0 heterocycles. The number of hydrogen-bond acceptors (Lipinski definition) is 4. The van der Waals surface area contributed by atoms with E-state index in [-0.39, 0.29) is 51.9 Å². The molecule has 14 heavy (non-hydrogen) atoms. The van der Waals surface area contributed by atoms with E-state index in [4.69, 9.17) is 40.8 Å². The molecule has 8 nitrogen and oxygen atoms in total. The van der Waals surface area contributed by atoms with Gasteiger partial charge in [-0.15, -0.1) is 0 Å². The minimum atomic E-state index is 0. The normalized spacial score (nSPS) is 2.29. The Morgan fingerprint density at radius 1 is 0.571 bits per heavy atom. The number of nitrogens with zero attached hydrogens (tertiary/aromatic N) is 4. The molecule has 0 unspecified atom stereocenters. The van der Waals surface area contributed by atoms with Gasteiger partial charge < -0.3 is 21.6 Å². The molecule has 0 aliphatic heterocycles. The SMILES string of the molecule is [Au+3].[N-]=C=O.[N-]=C=O.[N-]=C=O.[N-]=C=O.[Na+]. The van der Waals surface area contributed by atoms with Crippen LogP contribution in [0, 0.1) is 0 Å². The Bertz CT molecular complexity index is 161. The smallest absolute Gasteiger partial charge is 0.724 e. The van der Waals surface area contributed by atoms with Crippen molar-refractivity contribution in [3.05, 3.63) is 21.6 Å². The van der Waals surface area contributed by atoms with Crippen molar-refractivity contribution in [2.24, 2.45) is 0 Å². The van der Waals surface area contributed by atoms with Crippen molar-refractivity contribution in [1.29, 1.82) is 0 Å². The van der Waals surface area contributed by atoms with Gasteiger partial charge in [0, 0.05) is 0 Å². The number of carbonyl (C=O) groups excluding carboxylic acids is 4. The number of rotatable bonds is 0. The Morgan fingerprint density at radius 2 is 0.571 bits per heavy atom. The third-order valence-electron chi connectivity index (χ3n) is 0. The van der Waals surface area contributed by atoms with Gasteiger partial charge >= 0.3 is 51.9 Å². The van der Waals surface area contributed by atoms with Crippen LogP contribution < -0.4 is 29.6 Å². The maximum Gasteiger partial charge on any atom is 3.00 e. The van der Waals surface area contributed by atoms with Crippen molar-refractivity contribution >= 4 is 24.3 Å². The zero-order chi connectivity index (χ0) is 10.8. The second kappa shape index (κ2) is 146. The summed E-state index contributed by atoms with van der Waals surface area (Å²) in [6.45, 7) is 0. The topological polar surface area (TPSA) is 157 Å². The van der Waals surface area contributed by atoms with Crippen molar-refractivity contribution in [3.8, 4) is 0 Å². The van der Waals surface area contributed by atoms with E-state index in [2.05, 4.69) is 0 Å². The average Bonchev–Trinajstić information content (AvgIpc) is 1.92. The van der Waals surface area contributed by atoms with E-state index in [1.165, 1.54) is 0 Å². The number of isocyanates is 4. The fourth-order valence-corrected chi connectivity index (χ4v) is 0. The van der Waals surface area contributed by atoms with Crippen LogP contribution in [0.1, 0.15) is 0 Å². The summed E-state index contributed by atoms with van der Waals surface area (Å²) in [5.74, 6) is 0. The van der Waals surface area contributed by atoms with Crippen LogP contribution in [-0.4, -0.2) is 24.3 Å². The van der Waals surface area contributed by atoms with Crippen LogP contribution in [0.2, 0.25) is 0 Å². The summed E-state index contributed by atoms with van der Waals surface area (Å²) in [5.41, 5.74) is 0. The van der Waals surface area contributed by atoms with Gasteiger partial charge in [0.25, 0.3) is 0 Å². The second-order valence-electron chi connectivity index (χ2n) is 0.365. The minimum absolute atomic E-state index is 0. The minimum Gasteiger partial charge on any atom is -0.724 e. The molecule has 0 fully saturated rings. The van der Waals surface area contributed by atoms with Crippen LogP contribution in [0.4, 0.5) is 0 Å². The summed E-state index contributed by atoms with van der Waals surface area (Å²) in [6.07, 6.45) is 2.00. The maximum absolute atomic E-state index is 8.24. The molecule has 0 bridgehead atoms. The molecule has 0 amide bonds. The van der Waals surface area contributed by atoms with Crippen LogP contribution in [0.3, 0.4) is 0 Å². The first-order valence-corrected chi connectivity index (χ1v) is 1.71. The van der Waals surface area contributed by atoms with Crippen LogP contribution in [0.5, 0.6) is 0 Å². The molecule has 0 saturated heterocycles. The molecule has 0 aromatic carbocycles. The van der Waals surface area contributed by atoms with Gasteiger partial charge in [0.2, 0.25) is 0 Å². The van der Waals surface area contributed by atoms with Gasteiger partial charge in [-0.25, -0.2) is 0 Å². The molecule has 0 aromatic heterocycles. The van der Waals surface area contributed by atoms with E-state index in [9.17, 15) is 0 Å². The Labute approximate surface area is 116 Å². The van der Waals surface area contributed by atoms with Crippen LogP contribution in [-0.2, 0) is 41.6 Å². The van der Waals surface area contributed by atoms with E-state index in [0.29, 0.717) is 24.3 Å². The second-order valence-corrected chi connectivity index (χ2v) is 0.365. The van der Waals surface area contributed by atoms with Gasteiger partial charge in [0.1, 0.15) is 0 Å². The molecular formula is C4AuN4NaO4. The summed E-state index contributed by atoms with van der Waals surface area (Å²) >= 11 is 0. The first kappa shape index (κ1) is 37.8. The third kappa shape index (κ3) is 2170. The summed E-state index contributed by atoms with van der Waals surface area (Å²) in [7, 11) is 0. The third-order valence-corrected chi connectivity index (χ3v) is 0. The predicted molar refractivity (Wildman–Crippen MR) is 36.2 cm³/mol. The number of hydrogen-bond donors (Lipinski definition) is 0. The molecule has 0 rings (SSSR count). The summed E-state index contributed by atoms with van der Waals surface area (Å²) in [5, 5.41) is 27.1. The van der Waals surface area contributed by atoms with E-state index < -0.39 is 0 Å². The maximum atomic E-state index is 8.24. The van der Waals surface area contributed by atoms with Crippen LogP contribution in [0.15, 0.2) is 0 Å². The largest absolute Gasteiger partial charge is 3.00 e. The van der Waals surface area contributed by atoms with Crippen molar-refractivity contribution < 1.29 is 71.1 Å². The molecule has 0 N–H and O–H groups in total. The van der Waals surface area contributed by atoms with Gasteiger partial charge in [-0.05, 0) is 24.3 Å². The Balaban J connectivity index is -0.0000000145. The van der Waals surface area contributed by atoms with E-state index in [1.54, 1.807) is 0 Å². The van der Waals surface area contributed by atoms with Crippen molar-refractivity contribution in [1.82, 2.24) is 0 Å². The van der Waals surface area contributed by atoms with Crippen molar-refractivity contribution in [2.45, 2.75) is 0 Å². The van der Waals surface area contributed by atoms with Crippen molar-refractivity contribution in [2.75, 3.05) is 0 Å². The van der Waals surface area contributed by atoms with Crippen molar-refractivity contribution in [3.63, 3.8) is 0 Å². The Hall–Kier alpha value is -0.740. The molecule has 0 atom stereocenters.